The number of hydrogen-bond acceptors (Lipinski definition) is 2. The molecule has 0 radical (unpaired) electrons. The van der Waals surface area contributed by atoms with Crippen LogP contribution in [0.15, 0.2) is 18.2 Å². The number of benzene rings is 1. The number of alkyl halides is 1. The molecule has 6 heteroatoms. The van der Waals surface area contributed by atoms with Crippen molar-refractivity contribution < 1.29 is 22.7 Å². The van der Waals surface area contributed by atoms with Crippen molar-refractivity contribution in [2.75, 3.05) is 13.1 Å². The number of nitrogens with zero attached hydrogens (tertiary/aromatic N) is 1. The number of halogens is 3. The van der Waals surface area contributed by atoms with Gasteiger partial charge >= 0.3 is 6.09 Å². The van der Waals surface area contributed by atoms with Gasteiger partial charge in [0, 0.05) is 13.1 Å². The molecule has 0 aromatic heterocycles. The predicted octanol–water partition coefficient (Wildman–Crippen LogP) is 2.78. The summed E-state index contributed by atoms with van der Waals surface area (Å²) in [6, 6.07) is 3.05. The minimum absolute atomic E-state index is 0.497. The molecule has 0 bridgehead atoms. The second kappa shape index (κ2) is 4.65. The van der Waals surface area contributed by atoms with Gasteiger partial charge in [-0.25, -0.2) is 13.6 Å². The van der Waals surface area contributed by atoms with Gasteiger partial charge in [0.1, 0.15) is 0 Å². The van der Waals surface area contributed by atoms with Crippen molar-refractivity contribution in [2.24, 2.45) is 0 Å². The SMILES string of the molecule is O=C(OC(F)c1cccc(F)c1F)N1CCC1. The first-order chi connectivity index (χ1) is 8.09. The zero-order valence-corrected chi connectivity index (χ0v) is 8.83. The fraction of sp³-hybridized carbons (Fsp3) is 0.364. The van der Waals surface area contributed by atoms with Crippen LogP contribution in [0.5, 0.6) is 0 Å². The van der Waals surface area contributed by atoms with Crippen LogP contribution >= 0.6 is 0 Å². The van der Waals surface area contributed by atoms with E-state index in [4.69, 9.17) is 0 Å². The maximum absolute atomic E-state index is 13.5. The van der Waals surface area contributed by atoms with Crippen molar-refractivity contribution in [3.63, 3.8) is 0 Å². The Kier molecular flexibility index (Phi) is 3.21. The smallest absolute Gasteiger partial charge is 0.410 e. The molecule has 0 saturated carbocycles. The average molecular weight is 245 g/mol. The van der Waals surface area contributed by atoms with Crippen LogP contribution in [0.3, 0.4) is 0 Å². The summed E-state index contributed by atoms with van der Waals surface area (Å²) in [5.41, 5.74) is -0.612. The summed E-state index contributed by atoms with van der Waals surface area (Å²) in [4.78, 5) is 12.5. The molecule has 1 atom stereocenters. The standard InChI is InChI=1S/C11H10F3NO2/c12-8-4-1-3-7(9(8)13)10(14)17-11(16)15-5-2-6-15/h1,3-4,10H,2,5-6H2. The second-order valence-electron chi connectivity index (χ2n) is 3.68. The zero-order chi connectivity index (χ0) is 12.4. The highest BCUT2D eigenvalue weighted by atomic mass is 19.2. The molecule has 0 aliphatic carbocycles. The normalized spacial score (nSPS) is 16.3. The first kappa shape index (κ1) is 11.8. The number of likely N-dealkylation sites (tertiary alicyclic amines) is 1. The Morgan fingerprint density at radius 1 is 1.35 bits per heavy atom. The lowest BCUT2D eigenvalue weighted by atomic mass is 10.2. The van der Waals surface area contributed by atoms with Crippen LogP contribution in [0, 0.1) is 11.6 Å². The van der Waals surface area contributed by atoms with Gasteiger partial charge in [-0.3, -0.25) is 0 Å². The van der Waals surface area contributed by atoms with E-state index in [9.17, 15) is 18.0 Å². The maximum atomic E-state index is 13.5. The number of hydrogen-bond donors (Lipinski definition) is 0. The molecule has 1 saturated heterocycles. The molecule has 0 N–H and O–H groups in total. The third kappa shape index (κ3) is 2.35. The third-order valence-corrected chi connectivity index (χ3v) is 2.54. The summed E-state index contributed by atoms with van der Waals surface area (Å²) in [7, 11) is 0. The van der Waals surface area contributed by atoms with E-state index in [0.717, 1.165) is 24.6 Å². The molecule has 1 fully saturated rings. The van der Waals surface area contributed by atoms with E-state index in [1.54, 1.807) is 0 Å². The zero-order valence-electron chi connectivity index (χ0n) is 8.83. The summed E-state index contributed by atoms with van der Waals surface area (Å²) >= 11 is 0. The molecule has 92 valence electrons. The van der Waals surface area contributed by atoms with Crippen LogP contribution < -0.4 is 0 Å². The Morgan fingerprint density at radius 3 is 2.65 bits per heavy atom. The minimum Gasteiger partial charge on any atom is -0.410 e. The highest BCUT2D eigenvalue weighted by Gasteiger charge is 2.27. The molecular formula is C11H10F3NO2. The van der Waals surface area contributed by atoms with Gasteiger partial charge in [0.2, 0.25) is 0 Å². The second-order valence-corrected chi connectivity index (χ2v) is 3.68. The van der Waals surface area contributed by atoms with Gasteiger partial charge in [-0.1, -0.05) is 6.07 Å². The van der Waals surface area contributed by atoms with Gasteiger partial charge in [-0.2, -0.15) is 4.39 Å². The molecule has 1 amide bonds. The Balaban J connectivity index is 2.06. The predicted molar refractivity (Wildman–Crippen MR) is 52.9 cm³/mol. The van der Waals surface area contributed by atoms with Crippen molar-refractivity contribution in [2.45, 2.75) is 12.8 Å². The molecule has 1 heterocycles. The van der Waals surface area contributed by atoms with Crippen molar-refractivity contribution in [1.82, 2.24) is 4.90 Å². The van der Waals surface area contributed by atoms with Gasteiger partial charge in [0.05, 0.1) is 5.56 Å². The van der Waals surface area contributed by atoms with Crippen LogP contribution in [0.4, 0.5) is 18.0 Å². The molecule has 3 nitrogen and oxygen atoms in total. The number of rotatable bonds is 2. The molecule has 0 spiro atoms. The lowest BCUT2D eigenvalue weighted by Gasteiger charge is -2.30. The molecule has 1 aliphatic heterocycles. The maximum Gasteiger partial charge on any atom is 0.412 e. The summed E-state index contributed by atoms with van der Waals surface area (Å²) in [5, 5.41) is 0. The van der Waals surface area contributed by atoms with Crippen LogP contribution in [0.25, 0.3) is 0 Å². The number of ether oxygens (including phenoxy) is 1. The Labute approximate surface area is 95.8 Å². The van der Waals surface area contributed by atoms with E-state index in [2.05, 4.69) is 4.74 Å². The molecular weight excluding hydrogens is 235 g/mol. The van der Waals surface area contributed by atoms with Gasteiger partial charge < -0.3 is 9.64 Å². The van der Waals surface area contributed by atoms with Crippen LogP contribution in [-0.2, 0) is 4.74 Å². The molecule has 2 rings (SSSR count). The van der Waals surface area contributed by atoms with E-state index < -0.39 is 29.6 Å². The Bertz CT molecular complexity index is 435. The third-order valence-electron chi connectivity index (χ3n) is 2.54. The fourth-order valence-electron chi connectivity index (χ4n) is 1.42. The van der Waals surface area contributed by atoms with E-state index >= 15 is 0 Å². The molecule has 1 aromatic carbocycles. The monoisotopic (exact) mass is 245 g/mol. The number of amides is 1. The highest BCUT2D eigenvalue weighted by Crippen LogP contribution is 2.25. The van der Waals surface area contributed by atoms with Crippen molar-refractivity contribution in [1.29, 1.82) is 0 Å². The topological polar surface area (TPSA) is 29.5 Å². The quantitative estimate of drug-likeness (QED) is 0.801. The molecule has 1 aliphatic rings. The highest BCUT2D eigenvalue weighted by molar-refractivity contribution is 5.68. The lowest BCUT2D eigenvalue weighted by molar-refractivity contribution is -0.0183. The summed E-state index contributed by atoms with van der Waals surface area (Å²) in [6.07, 6.45) is -2.31. The summed E-state index contributed by atoms with van der Waals surface area (Å²) < 4.78 is 43.9. The fourth-order valence-corrected chi connectivity index (χ4v) is 1.42. The summed E-state index contributed by atoms with van der Waals surface area (Å²) in [6.45, 7) is 0.994. The van der Waals surface area contributed by atoms with Crippen molar-refractivity contribution in [3.8, 4) is 0 Å². The van der Waals surface area contributed by atoms with Crippen molar-refractivity contribution >= 4 is 6.09 Å². The van der Waals surface area contributed by atoms with E-state index in [1.807, 2.05) is 0 Å². The minimum atomic E-state index is -2.29. The number of carbonyl (C=O) groups excluding carboxylic acids is 1. The van der Waals surface area contributed by atoms with Crippen molar-refractivity contribution in [3.05, 3.63) is 35.4 Å². The largest absolute Gasteiger partial charge is 0.412 e. The average Bonchev–Trinajstić information content (AvgIpc) is 2.19. The van der Waals surface area contributed by atoms with E-state index in [1.165, 1.54) is 4.90 Å². The first-order valence-corrected chi connectivity index (χ1v) is 5.13. The van der Waals surface area contributed by atoms with Gasteiger partial charge in [-0.15, -0.1) is 0 Å². The Hall–Kier alpha value is -1.72. The summed E-state index contributed by atoms with van der Waals surface area (Å²) in [5.74, 6) is -2.51. The van der Waals surface area contributed by atoms with Crippen LogP contribution in [0.2, 0.25) is 0 Å². The number of carbonyl (C=O) groups is 1. The van der Waals surface area contributed by atoms with Crippen LogP contribution in [-0.4, -0.2) is 24.1 Å². The van der Waals surface area contributed by atoms with Gasteiger partial charge in [-0.05, 0) is 18.6 Å². The molecule has 17 heavy (non-hydrogen) atoms. The van der Waals surface area contributed by atoms with Gasteiger partial charge in [0.25, 0.3) is 6.36 Å². The Morgan fingerprint density at radius 2 is 2.06 bits per heavy atom. The van der Waals surface area contributed by atoms with Gasteiger partial charge in [0.15, 0.2) is 11.6 Å². The lowest BCUT2D eigenvalue weighted by Crippen LogP contribution is -2.42. The molecule has 1 unspecified atom stereocenters. The van der Waals surface area contributed by atoms with E-state index in [-0.39, 0.29) is 0 Å². The van der Waals surface area contributed by atoms with E-state index in [0.29, 0.717) is 13.1 Å². The van der Waals surface area contributed by atoms with Crippen LogP contribution in [0.1, 0.15) is 18.3 Å². The molecule has 1 aromatic rings. The first-order valence-electron chi connectivity index (χ1n) is 5.13.